The molecule has 0 spiro atoms. The average molecular weight is 627 g/mol. The molecule has 46 heavy (non-hydrogen) atoms. The van der Waals surface area contributed by atoms with E-state index in [1.807, 2.05) is 79.4 Å². The van der Waals surface area contributed by atoms with Gasteiger partial charge in [0.05, 0.1) is 6.54 Å². The van der Waals surface area contributed by atoms with Crippen molar-refractivity contribution in [2.24, 2.45) is 28.5 Å². The van der Waals surface area contributed by atoms with Crippen molar-refractivity contribution < 1.29 is 14.4 Å². The van der Waals surface area contributed by atoms with Gasteiger partial charge >= 0.3 is 0 Å². The summed E-state index contributed by atoms with van der Waals surface area (Å²) in [7, 11) is 0. The minimum absolute atomic E-state index is 0.0124. The molecule has 5 rings (SSSR count). The van der Waals surface area contributed by atoms with Gasteiger partial charge in [0.1, 0.15) is 12.1 Å². The fourth-order valence-corrected chi connectivity index (χ4v) is 7.25. The number of amides is 3. The van der Waals surface area contributed by atoms with Crippen molar-refractivity contribution in [1.82, 2.24) is 20.9 Å². The molecule has 246 valence electrons. The van der Waals surface area contributed by atoms with Crippen LogP contribution in [0.5, 0.6) is 0 Å². The highest BCUT2D eigenvalue weighted by atomic mass is 16.2. The van der Waals surface area contributed by atoms with Crippen LogP contribution in [0.4, 0.5) is 0 Å². The van der Waals surface area contributed by atoms with Crippen molar-refractivity contribution in [2.45, 2.75) is 83.3 Å². The molecule has 2 heterocycles. The first kappa shape index (κ1) is 33.2. The minimum atomic E-state index is -0.775. The quantitative estimate of drug-likeness (QED) is 0.222. The number of nitrogens with zero attached hydrogens (tertiary/aromatic N) is 2. The molecule has 3 amide bonds. The Hall–Kier alpha value is -4.14. The van der Waals surface area contributed by atoms with Crippen LogP contribution in [0.1, 0.15) is 69.9 Å². The minimum Gasteiger partial charge on any atom is -0.370 e. The fraction of sp³-hybridized carbons (Fsp3) is 0.514. The first-order valence-corrected chi connectivity index (χ1v) is 16.9. The SMILES string of the molecule is CC1CCC2CC(C(=O)NCC/C=C3\CN=C(N)NC3)N(C(=O)C(Cc3ccccc3)NC(=O)C(C)C(C)c3ccccc3)C2C1. The molecule has 2 aromatic carbocycles. The summed E-state index contributed by atoms with van der Waals surface area (Å²) in [6.45, 7) is 7.90. The first-order chi connectivity index (χ1) is 22.2. The largest absolute Gasteiger partial charge is 0.370 e. The van der Waals surface area contributed by atoms with Crippen molar-refractivity contribution in [1.29, 1.82) is 0 Å². The lowest BCUT2D eigenvalue weighted by molar-refractivity contribution is -0.144. The summed E-state index contributed by atoms with van der Waals surface area (Å²) in [5.74, 6) is 0.401. The number of benzene rings is 2. The molecule has 2 fully saturated rings. The van der Waals surface area contributed by atoms with Crippen molar-refractivity contribution in [3.05, 3.63) is 83.4 Å². The Labute approximate surface area is 273 Å². The zero-order chi connectivity index (χ0) is 32.6. The van der Waals surface area contributed by atoms with Gasteiger partial charge in [-0.15, -0.1) is 0 Å². The van der Waals surface area contributed by atoms with Crippen LogP contribution < -0.4 is 21.7 Å². The zero-order valence-corrected chi connectivity index (χ0v) is 27.5. The van der Waals surface area contributed by atoms with Gasteiger partial charge in [-0.05, 0) is 60.1 Å². The maximum absolute atomic E-state index is 14.7. The van der Waals surface area contributed by atoms with E-state index in [4.69, 9.17) is 5.73 Å². The summed E-state index contributed by atoms with van der Waals surface area (Å²) in [4.78, 5) is 48.3. The summed E-state index contributed by atoms with van der Waals surface area (Å²) in [5.41, 5.74) is 8.88. The summed E-state index contributed by atoms with van der Waals surface area (Å²) < 4.78 is 0. The predicted octanol–water partition coefficient (Wildman–Crippen LogP) is 3.91. The van der Waals surface area contributed by atoms with Gasteiger partial charge in [0.2, 0.25) is 17.7 Å². The van der Waals surface area contributed by atoms with Crippen LogP contribution in [0.15, 0.2) is 77.3 Å². The Bertz CT molecular complexity index is 1410. The Morgan fingerprint density at radius 3 is 2.46 bits per heavy atom. The molecule has 7 atom stereocenters. The summed E-state index contributed by atoms with van der Waals surface area (Å²) >= 11 is 0. The van der Waals surface area contributed by atoms with Crippen molar-refractivity contribution in [3.63, 3.8) is 0 Å². The number of carbonyl (C=O) groups is 3. The van der Waals surface area contributed by atoms with Gasteiger partial charge in [-0.1, -0.05) is 93.9 Å². The van der Waals surface area contributed by atoms with Crippen molar-refractivity contribution >= 4 is 23.7 Å². The number of guanidine groups is 1. The van der Waals surface area contributed by atoms with Gasteiger partial charge < -0.3 is 26.6 Å². The number of rotatable bonds is 11. The monoisotopic (exact) mass is 626 g/mol. The summed E-state index contributed by atoms with van der Waals surface area (Å²) in [6, 6.07) is 18.5. The lowest BCUT2D eigenvalue weighted by Crippen LogP contribution is -2.57. The molecule has 5 N–H and O–H groups in total. The normalized spacial score (nSPS) is 25.4. The highest BCUT2D eigenvalue weighted by molar-refractivity contribution is 5.93. The second-order valence-electron chi connectivity index (χ2n) is 13.5. The van der Waals surface area contributed by atoms with Crippen LogP contribution in [0.2, 0.25) is 0 Å². The number of likely N-dealkylation sites (tertiary alicyclic amines) is 1. The first-order valence-electron chi connectivity index (χ1n) is 16.9. The van der Waals surface area contributed by atoms with Crippen LogP contribution in [0, 0.1) is 17.8 Å². The van der Waals surface area contributed by atoms with E-state index in [1.54, 1.807) is 0 Å². The molecule has 9 heteroatoms. The average Bonchev–Trinajstić information content (AvgIpc) is 3.45. The number of fused-ring (bicyclic) bond motifs is 1. The molecule has 0 radical (unpaired) electrons. The topological polar surface area (TPSA) is 129 Å². The molecule has 0 aromatic heterocycles. The fourth-order valence-electron chi connectivity index (χ4n) is 7.25. The second-order valence-corrected chi connectivity index (χ2v) is 13.5. The number of nitrogens with one attached hydrogen (secondary N) is 3. The van der Waals surface area contributed by atoms with Crippen LogP contribution in [0.3, 0.4) is 0 Å². The molecule has 1 saturated carbocycles. The van der Waals surface area contributed by atoms with Crippen LogP contribution in [-0.4, -0.2) is 66.3 Å². The van der Waals surface area contributed by atoms with E-state index in [-0.39, 0.29) is 41.5 Å². The third-order valence-corrected chi connectivity index (χ3v) is 10.2. The molecule has 7 unspecified atom stereocenters. The van der Waals surface area contributed by atoms with Crippen LogP contribution in [0.25, 0.3) is 0 Å². The van der Waals surface area contributed by atoms with E-state index in [0.29, 0.717) is 50.8 Å². The third-order valence-electron chi connectivity index (χ3n) is 10.2. The molecule has 3 aliphatic rings. The van der Waals surface area contributed by atoms with E-state index in [9.17, 15) is 14.4 Å². The van der Waals surface area contributed by atoms with Gasteiger partial charge in [-0.3, -0.25) is 14.4 Å². The summed E-state index contributed by atoms with van der Waals surface area (Å²) in [6.07, 6.45) is 6.76. The van der Waals surface area contributed by atoms with Crippen molar-refractivity contribution in [2.75, 3.05) is 19.6 Å². The number of aliphatic imine (C=N–C) groups is 1. The van der Waals surface area contributed by atoms with E-state index < -0.39 is 12.1 Å². The lowest BCUT2D eigenvalue weighted by Gasteiger charge is -2.38. The number of hydrogen-bond acceptors (Lipinski definition) is 6. The maximum Gasteiger partial charge on any atom is 0.246 e. The Morgan fingerprint density at radius 1 is 1.04 bits per heavy atom. The van der Waals surface area contributed by atoms with Crippen LogP contribution in [-0.2, 0) is 20.8 Å². The second kappa shape index (κ2) is 15.4. The highest BCUT2D eigenvalue weighted by Crippen LogP contribution is 2.42. The molecule has 9 nitrogen and oxygen atoms in total. The number of carbonyl (C=O) groups excluding carboxylic acids is 3. The van der Waals surface area contributed by atoms with Gasteiger partial charge in [-0.25, -0.2) is 4.99 Å². The number of hydrogen-bond donors (Lipinski definition) is 4. The van der Waals surface area contributed by atoms with Gasteiger partial charge in [0, 0.05) is 31.5 Å². The molecule has 2 aromatic rings. The van der Waals surface area contributed by atoms with E-state index in [2.05, 4.69) is 33.9 Å². The number of nitrogens with two attached hydrogens (primary N) is 1. The maximum atomic E-state index is 14.7. The Balaban J connectivity index is 1.33. The lowest BCUT2D eigenvalue weighted by atomic mass is 9.79. The van der Waals surface area contributed by atoms with E-state index >= 15 is 0 Å². The van der Waals surface area contributed by atoms with Crippen molar-refractivity contribution in [3.8, 4) is 0 Å². The molecule has 2 aliphatic heterocycles. The van der Waals surface area contributed by atoms with Gasteiger partial charge in [0.25, 0.3) is 0 Å². The van der Waals surface area contributed by atoms with Gasteiger partial charge in [-0.2, -0.15) is 0 Å². The molecular formula is C37H50N6O3. The molecule has 0 bridgehead atoms. The molecular weight excluding hydrogens is 576 g/mol. The smallest absolute Gasteiger partial charge is 0.246 e. The van der Waals surface area contributed by atoms with Gasteiger partial charge in [0.15, 0.2) is 5.96 Å². The van der Waals surface area contributed by atoms with Crippen LogP contribution >= 0.6 is 0 Å². The van der Waals surface area contributed by atoms with E-state index in [0.717, 1.165) is 36.0 Å². The molecule has 1 saturated heterocycles. The predicted molar refractivity (Wildman–Crippen MR) is 182 cm³/mol. The molecule has 1 aliphatic carbocycles. The zero-order valence-electron chi connectivity index (χ0n) is 27.5. The Morgan fingerprint density at radius 2 is 1.76 bits per heavy atom. The Kier molecular flexibility index (Phi) is 11.1. The standard InChI is InChI=1S/C37H50N6O3/c1-24-16-17-30-21-33(35(45)39-18-10-13-28-22-40-37(38)41-23-28)43(32(30)19-24)36(46)31(20-27-11-6-4-7-12-27)42-34(44)26(3)25(2)29-14-8-5-9-15-29/h4-9,11-15,24-26,30-33H,10,16-23H2,1-3H3,(H,39,45)(H,42,44)(H3,38,40,41). The highest BCUT2D eigenvalue weighted by Gasteiger charge is 2.50. The summed E-state index contributed by atoms with van der Waals surface area (Å²) in [5, 5.41) is 9.31. The third kappa shape index (κ3) is 8.17. The van der Waals surface area contributed by atoms with E-state index in [1.165, 1.54) is 0 Å².